The summed E-state index contributed by atoms with van der Waals surface area (Å²) in [5.41, 5.74) is 0.119. The summed E-state index contributed by atoms with van der Waals surface area (Å²) in [5, 5.41) is 11.7. The van der Waals surface area contributed by atoms with Gasteiger partial charge < -0.3 is 10.4 Å². The summed E-state index contributed by atoms with van der Waals surface area (Å²) in [7, 11) is 0. The molecular weight excluding hydrogens is 307 g/mol. The van der Waals surface area contributed by atoms with Crippen LogP contribution in [0.4, 0.5) is 24.5 Å². The van der Waals surface area contributed by atoms with Gasteiger partial charge in [-0.1, -0.05) is 11.6 Å². The van der Waals surface area contributed by atoms with Gasteiger partial charge in [-0.05, 0) is 42.5 Å². The highest BCUT2D eigenvalue weighted by molar-refractivity contribution is 6.33. The van der Waals surface area contributed by atoms with E-state index in [0.717, 1.165) is 12.1 Å². The number of benzene rings is 2. The van der Waals surface area contributed by atoms with Gasteiger partial charge in [-0.2, -0.15) is 13.2 Å². The van der Waals surface area contributed by atoms with Crippen LogP contribution in [0.15, 0.2) is 42.5 Å². The Morgan fingerprint density at radius 1 is 1.05 bits per heavy atom. The molecule has 0 amide bonds. The molecule has 0 atom stereocenters. The fourth-order valence-corrected chi connectivity index (χ4v) is 1.94. The number of alkyl halides is 3. The Hall–Kier alpha value is -2.21. The fraction of sp³-hybridized carbons (Fsp3) is 0.0714. The molecule has 21 heavy (non-hydrogen) atoms. The summed E-state index contributed by atoms with van der Waals surface area (Å²) >= 11 is 5.81. The lowest BCUT2D eigenvalue weighted by molar-refractivity contribution is -0.137. The molecule has 0 saturated heterocycles. The van der Waals surface area contributed by atoms with Crippen molar-refractivity contribution in [3.05, 3.63) is 58.6 Å². The lowest BCUT2D eigenvalue weighted by Crippen LogP contribution is -2.04. The average Bonchev–Trinajstić information content (AvgIpc) is 2.38. The molecule has 0 saturated carbocycles. The molecule has 0 aliphatic rings. The van der Waals surface area contributed by atoms with Crippen LogP contribution in [-0.4, -0.2) is 11.1 Å². The third kappa shape index (κ3) is 3.66. The van der Waals surface area contributed by atoms with E-state index in [9.17, 15) is 18.0 Å². The molecular formula is C14H9ClF3NO2. The van der Waals surface area contributed by atoms with Crippen LogP contribution in [-0.2, 0) is 6.18 Å². The summed E-state index contributed by atoms with van der Waals surface area (Å²) in [6, 6.07) is 8.65. The molecule has 110 valence electrons. The number of carboxylic acid groups (broad SMARTS) is 1. The molecule has 3 nitrogen and oxygen atoms in total. The summed E-state index contributed by atoms with van der Waals surface area (Å²) in [6.45, 7) is 0. The third-order valence-corrected chi connectivity index (χ3v) is 3.01. The van der Waals surface area contributed by atoms with E-state index in [0.29, 0.717) is 11.4 Å². The number of carbonyl (C=O) groups is 1. The van der Waals surface area contributed by atoms with E-state index in [1.807, 2.05) is 0 Å². The largest absolute Gasteiger partial charge is 0.478 e. The second-order valence-electron chi connectivity index (χ2n) is 4.20. The smallest absolute Gasteiger partial charge is 0.416 e. The normalized spacial score (nSPS) is 11.2. The second kappa shape index (κ2) is 5.65. The third-order valence-electron chi connectivity index (χ3n) is 2.70. The molecule has 2 rings (SSSR count). The number of rotatable bonds is 3. The Morgan fingerprint density at radius 3 is 2.10 bits per heavy atom. The SMILES string of the molecule is O=C(O)c1ccc(Nc2ccc(C(F)(F)F)cc2)cc1Cl. The minimum absolute atomic E-state index is 0.0411. The van der Waals surface area contributed by atoms with Gasteiger partial charge in [-0.15, -0.1) is 0 Å². The monoisotopic (exact) mass is 315 g/mol. The number of nitrogens with one attached hydrogen (secondary N) is 1. The van der Waals surface area contributed by atoms with Crippen molar-refractivity contribution in [3.63, 3.8) is 0 Å². The van der Waals surface area contributed by atoms with Crippen LogP contribution >= 0.6 is 11.6 Å². The number of anilines is 2. The molecule has 0 unspecified atom stereocenters. The highest BCUT2D eigenvalue weighted by atomic mass is 35.5. The Labute approximate surface area is 123 Å². The van der Waals surface area contributed by atoms with Crippen LogP contribution in [0.1, 0.15) is 15.9 Å². The first-order valence-electron chi connectivity index (χ1n) is 5.74. The molecule has 2 aromatic carbocycles. The maximum atomic E-state index is 12.4. The summed E-state index contributed by atoms with van der Waals surface area (Å²) in [4.78, 5) is 10.8. The number of halogens is 4. The van der Waals surface area contributed by atoms with Crippen molar-refractivity contribution in [3.8, 4) is 0 Å². The van der Waals surface area contributed by atoms with E-state index in [1.165, 1.54) is 30.3 Å². The number of hydrogen-bond acceptors (Lipinski definition) is 2. The standard InChI is InChI=1S/C14H9ClF3NO2/c15-12-7-10(5-6-11(12)13(20)21)19-9-3-1-8(2-4-9)14(16,17)18/h1-7,19H,(H,20,21). The minimum Gasteiger partial charge on any atom is -0.478 e. The zero-order valence-electron chi connectivity index (χ0n) is 10.4. The fourth-order valence-electron chi connectivity index (χ4n) is 1.68. The maximum Gasteiger partial charge on any atom is 0.416 e. The van der Waals surface area contributed by atoms with Crippen molar-refractivity contribution in [2.75, 3.05) is 5.32 Å². The van der Waals surface area contributed by atoms with Crippen LogP contribution in [0.3, 0.4) is 0 Å². The molecule has 2 aromatic rings. The van der Waals surface area contributed by atoms with Crippen molar-refractivity contribution in [2.45, 2.75) is 6.18 Å². The van der Waals surface area contributed by atoms with Crippen molar-refractivity contribution in [1.29, 1.82) is 0 Å². The van der Waals surface area contributed by atoms with Crippen LogP contribution in [0.5, 0.6) is 0 Å². The van der Waals surface area contributed by atoms with Gasteiger partial charge in [0.1, 0.15) is 0 Å². The Bertz CT molecular complexity index is 669. The molecule has 0 fully saturated rings. The van der Waals surface area contributed by atoms with E-state index >= 15 is 0 Å². The first-order valence-corrected chi connectivity index (χ1v) is 6.12. The Balaban J connectivity index is 2.19. The summed E-state index contributed by atoms with van der Waals surface area (Å²) in [5.74, 6) is -1.15. The van der Waals surface area contributed by atoms with Gasteiger partial charge in [-0.3, -0.25) is 0 Å². The topological polar surface area (TPSA) is 49.3 Å². The van der Waals surface area contributed by atoms with Gasteiger partial charge in [-0.25, -0.2) is 4.79 Å². The molecule has 0 radical (unpaired) electrons. The van der Waals surface area contributed by atoms with E-state index in [-0.39, 0.29) is 10.6 Å². The maximum absolute atomic E-state index is 12.4. The number of aromatic carboxylic acids is 1. The number of carboxylic acids is 1. The Morgan fingerprint density at radius 2 is 1.62 bits per heavy atom. The Kier molecular flexibility index (Phi) is 4.09. The molecule has 0 aromatic heterocycles. The highest BCUT2D eigenvalue weighted by Crippen LogP contribution is 2.30. The lowest BCUT2D eigenvalue weighted by atomic mass is 10.1. The van der Waals surface area contributed by atoms with Gasteiger partial charge in [0.05, 0.1) is 16.1 Å². The zero-order valence-corrected chi connectivity index (χ0v) is 11.2. The summed E-state index contributed by atoms with van der Waals surface area (Å²) < 4.78 is 37.3. The van der Waals surface area contributed by atoms with Gasteiger partial charge in [0, 0.05) is 11.4 Å². The van der Waals surface area contributed by atoms with E-state index in [4.69, 9.17) is 16.7 Å². The summed E-state index contributed by atoms with van der Waals surface area (Å²) in [6.07, 6.45) is -4.38. The van der Waals surface area contributed by atoms with Crippen LogP contribution < -0.4 is 5.32 Å². The van der Waals surface area contributed by atoms with Gasteiger partial charge in [0.25, 0.3) is 0 Å². The van der Waals surface area contributed by atoms with Crippen LogP contribution in [0.2, 0.25) is 5.02 Å². The predicted octanol–water partition coefficient (Wildman–Crippen LogP) is 4.80. The second-order valence-corrected chi connectivity index (χ2v) is 4.61. The molecule has 0 bridgehead atoms. The molecule has 0 aliphatic carbocycles. The number of hydrogen-bond donors (Lipinski definition) is 2. The van der Waals surface area contributed by atoms with Crippen molar-refractivity contribution < 1.29 is 23.1 Å². The van der Waals surface area contributed by atoms with Crippen molar-refractivity contribution in [2.24, 2.45) is 0 Å². The highest BCUT2D eigenvalue weighted by Gasteiger charge is 2.29. The van der Waals surface area contributed by atoms with E-state index in [1.54, 1.807) is 0 Å². The molecule has 7 heteroatoms. The molecule has 0 spiro atoms. The van der Waals surface area contributed by atoms with Gasteiger partial charge in [0.2, 0.25) is 0 Å². The van der Waals surface area contributed by atoms with Crippen LogP contribution in [0, 0.1) is 0 Å². The average molecular weight is 316 g/mol. The minimum atomic E-state index is -4.38. The first-order chi connectivity index (χ1) is 9.77. The predicted molar refractivity (Wildman–Crippen MR) is 73.1 cm³/mol. The molecule has 0 heterocycles. The lowest BCUT2D eigenvalue weighted by Gasteiger charge is -2.10. The first kappa shape index (κ1) is 15.2. The van der Waals surface area contributed by atoms with E-state index in [2.05, 4.69) is 5.32 Å². The van der Waals surface area contributed by atoms with E-state index < -0.39 is 17.7 Å². The zero-order chi connectivity index (χ0) is 15.6. The van der Waals surface area contributed by atoms with Gasteiger partial charge in [0.15, 0.2) is 0 Å². The van der Waals surface area contributed by atoms with Crippen molar-refractivity contribution in [1.82, 2.24) is 0 Å². The molecule has 2 N–H and O–H groups in total. The van der Waals surface area contributed by atoms with Gasteiger partial charge >= 0.3 is 12.1 Å². The van der Waals surface area contributed by atoms with Crippen LogP contribution in [0.25, 0.3) is 0 Å². The molecule has 0 aliphatic heterocycles. The quantitative estimate of drug-likeness (QED) is 0.855. The van der Waals surface area contributed by atoms with Crippen molar-refractivity contribution >= 4 is 28.9 Å².